The summed E-state index contributed by atoms with van der Waals surface area (Å²) in [5.74, 6) is 0.963. The van der Waals surface area contributed by atoms with Crippen molar-refractivity contribution in [1.29, 1.82) is 0 Å². The standard InChI is InChI=1S/C17H26BrNO/c18-16-10-4-5-11-17(16)20-15-9-2-1-6-12-19-13-7-3-8-14-19/h4-5,10-11H,1-3,6-9,12-15H2/p+1. The maximum absolute atomic E-state index is 5.78. The molecular weight excluding hydrogens is 314 g/mol. The molecule has 0 atom stereocenters. The van der Waals surface area contributed by atoms with E-state index in [2.05, 4.69) is 15.9 Å². The molecule has 0 aromatic heterocycles. The second-order valence-electron chi connectivity index (χ2n) is 5.75. The Morgan fingerprint density at radius 1 is 0.950 bits per heavy atom. The molecule has 2 rings (SSSR count). The van der Waals surface area contributed by atoms with Crippen LogP contribution in [-0.2, 0) is 0 Å². The van der Waals surface area contributed by atoms with E-state index in [0.717, 1.165) is 23.2 Å². The maximum atomic E-state index is 5.78. The van der Waals surface area contributed by atoms with Crippen LogP contribution in [0.5, 0.6) is 5.75 Å². The van der Waals surface area contributed by atoms with Crippen molar-refractivity contribution < 1.29 is 9.64 Å². The summed E-state index contributed by atoms with van der Waals surface area (Å²) in [4.78, 5) is 1.83. The van der Waals surface area contributed by atoms with Gasteiger partial charge in [0.2, 0.25) is 0 Å². The molecule has 0 amide bonds. The quantitative estimate of drug-likeness (QED) is 0.715. The number of likely N-dealkylation sites (tertiary alicyclic amines) is 1. The smallest absolute Gasteiger partial charge is 0.133 e. The Bertz CT molecular complexity index is 377. The van der Waals surface area contributed by atoms with Gasteiger partial charge in [0.25, 0.3) is 0 Å². The number of hydrogen-bond donors (Lipinski definition) is 1. The lowest BCUT2D eigenvalue weighted by Crippen LogP contribution is -3.12. The van der Waals surface area contributed by atoms with Crippen molar-refractivity contribution in [3.63, 3.8) is 0 Å². The molecule has 2 nitrogen and oxygen atoms in total. The molecule has 1 N–H and O–H groups in total. The largest absolute Gasteiger partial charge is 0.492 e. The summed E-state index contributed by atoms with van der Waals surface area (Å²) in [5, 5.41) is 0. The van der Waals surface area contributed by atoms with Gasteiger partial charge >= 0.3 is 0 Å². The highest BCUT2D eigenvalue weighted by Crippen LogP contribution is 2.23. The molecule has 112 valence electrons. The number of benzene rings is 1. The number of unbranched alkanes of at least 4 members (excludes halogenated alkanes) is 3. The van der Waals surface area contributed by atoms with E-state index in [1.54, 1.807) is 0 Å². The summed E-state index contributed by atoms with van der Waals surface area (Å²) in [6.45, 7) is 5.03. The monoisotopic (exact) mass is 340 g/mol. The molecule has 1 aromatic rings. The van der Waals surface area contributed by atoms with Gasteiger partial charge in [0.15, 0.2) is 0 Å². The van der Waals surface area contributed by atoms with Gasteiger partial charge in [-0.3, -0.25) is 0 Å². The molecule has 0 bridgehead atoms. The lowest BCUT2D eigenvalue weighted by Gasteiger charge is -2.23. The Balaban J connectivity index is 1.46. The first-order valence-corrected chi connectivity index (χ1v) is 8.86. The highest BCUT2D eigenvalue weighted by atomic mass is 79.9. The van der Waals surface area contributed by atoms with E-state index in [9.17, 15) is 0 Å². The van der Waals surface area contributed by atoms with Crippen molar-refractivity contribution in [1.82, 2.24) is 0 Å². The minimum Gasteiger partial charge on any atom is -0.492 e. The van der Waals surface area contributed by atoms with E-state index in [1.807, 2.05) is 29.2 Å². The molecule has 0 saturated carbocycles. The number of hydrogen-bond acceptors (Lipinski definition) is 1. The van der Waals surface area contributed by atoms with Crippen LogP contribution in [0.15, 0.2) is 28.7 Å². The molecule has 1 aromatic carbocycles. The van der Waals surface area contributed by atoms with Crippen molar-refractivity contribution in [3.8, 4) is 5.75 Å². The molecule has 1 aliphatic heterocycles. The van der Waals surface area contributed by atoms with Gasteiger partial charge < -0.3 is 9.64 Å². The van der Waals surface area contributed by atoms with Crippen LogP contribution in [0.2, 0.25) is 0 Å². The van der Waals surface area contributed by atoms with Gasteiger partial charge in [0, 0.05) is 0 Å². The number of nitrogens with one attached hydrogen (secondary N) is 1. The van der Waals surface area contributed by atoms with Crippen molar-refractivity contribution in [3.05, 3.63) is 28.7 Å². The maximum Gasteiger partial charge on any atom is 0.133 e. The molecule has 0 spiro atoms. The fourth-order valence-corrected chi connectivity index (χ4v) is 3.28. The van der Waals surface area contributed by atoms with Crippen LogP contribution >= 0.6 is 15.9 Å². The Labute approximate surface area is 131 Å². The first-order valence-electron chi connectivity index (χ1n) is 8.07. The van der Waals surface area contributed by atoms with Gasteiger partial charge in [-0.2, -0.15) is 0 Å². The normalized spacial score (nSPS) is 16.2. The Morgan fingerprint density at radius 2 is 1.70 bits per heavy atom. The summed E-state index contributed by atoms with van der Waals surface area (Å²) in [7, 11) is 0. The topological polar surface area (TPSA) is 13.7 Å². The molecule has 0 unspecified atom stereocenters. The van der Waals surface area contributed by atoms with Gasteiger partial charge in [0.05, 0.1) is 30.7 Å². The lowest BCUT2D eigenvalue weighted by atomic mass is 10.1. The lowest BCUT2D eigenvalue weighted by molar-refractivity contribution is -0.905. The second-order valence-corrected chi connectivity index (χ2v) is 6.61. The average Bonchev–Trinajstić information content (AvgIpc) is 2.49. The summed E-state index contributed by atoms with van der Waals surface area (Å²) in [5.41, 5.74) is 0. The molecule has 0 aliphatic carbocycles. The predicted octanol–water partition coefficient (Wildman–Crippen LogP) is 3.46. The second kappa shape index (κ2) is 9.41. The van der Waals surface area contributed by atoms with Gasteiger partial charge in [-0.1, -0.05) is 12.1 Å². The predicted molar refractivity (Wildman–Crippen MR) is 87.5 cm³/mol. The van der Waals surface area contributed by atoms with Crippen LogP contribution < -0.4 is 9.64 Å². The SMILES string of the molecule is Brc1ccccc1OCCCCCC[NH+]1CCCCC1. The Kier molecular flexibility index (Phi) is 7.45. The highest BCUT2D eigenvalue weighted by Gasteiger charge is 2.12. The molecule has 1 saturated heterocycles. The van der Waals surface area contributed by atoms with Gasteiger partial charge in [-0.15, -0.1) is 0 Å². The third-order valence-corrected chi connectivity index (χ3v) is 4.73. The molecule has 3 heteroatoms. The van der Waals surface area contributed by atoms with Gasteiger partial charge in [-0.25, -0.2) is 0 Å². The summed E-state index contributed by atoms with van der Waals surface area (Å²) in [6, 6.07) is 8.07. The Hall–Kier alpha value is -0.540. The molecule has 1 heterocycles. The summed E-state index contributed by atoms with van der Waals surface area (Å²) < 4.78 is 6.83. The van der Waals surface area contributed by atoms with Crippen molar-refractivity contribution in [2.24, 2.45) is 0 Å². The first kappa shape index (κ1) is 15.8. The molecule has 1 aliphatic rings. The fourth-order valence-electron chi connectivity index (χ4n) is 2.88. The molecule has 20 heavy (non-hydrogen) atoms. The van der Waals surface area contributed by atoms with E-state index in [0.29, 0.717) is 0 Å². The Morgan fingerprint density at radius 3 is 2.50 bits per heavy atom. The van der Waals surface area contributed by atoms with Crippen LogP contribution in [0.1, 0.15) is 44.9 Å². The van der Waals surface area contributed by atoms with Crippen LogP contribution in [-0.4, -0.2) is 26.2 Å². The number of quaternary nitrogens is 1. The third kappa shape index (κ3) is 5.84. The van der Waals surface area contributed by atoms with E-state index >= 15 is 0 Å². The van der Waals surface area contributed by atoms with E-state index in [-0.39, 0.29) is 0 Å². The zero-order chi connectivity index (χ0) is 14.0. The van der Waals surface area contributed by atoms with Crippen molar-refractivity contribution in [2.75, 3.05) is 26.2 Å². The van der Waals surface area contributed by atoms with Crippen LogP contribution in [0.4, 0.5) is 0 Å². The van der Waals surface area contributed by atoms with Crippen molar-refractivity contribution >= 4 is 15.9 Å². The zero-order valence-electron chi connectivity index (χ0n) is 12.4. The summed E-state index contributed by atoms with van der Waals surface area (Å²) in [6.07, 6.45) is 9.52. The van der Waals surface area contributed by atoms with Gasteiger partial charge in [-0.05, 0) is 73.0 Å². The number of halogens is 1. The molecular formula is C17H27BrNO+. The van der Waals surface area contributed by atoms with E-state index in [1.165, 1.54) is 58.2 Å². The first-order chi connectivity index (χ1) is 9.86. The van der Waals surface area contributed by atoms with Crippen LogP contribution in [0.3, 0.4) is 0 Å². The summed E-state index contributed by atoms with van der Waals surface area (Å²) >= 11 is 3.51. The van der Waals surface area contributed by atoms with E-state index < -0.39 is 0 Å². The van der Waals surface area contributed by atoms with Crippen LogP contribution in [0, 0.1) is 0 Å². The minimum atomic E-state index is 0.833. The van der Waals surface area contributed by atoms with Gasteiger partial charge in [0.1, 0.15) is 5.75 Å². The number of para-hydroxylation sites is 1. The van der Waals surface area contributed by atoms with Crippen LogP contribution in [0.25, 0.3) is 0 Å². The zero-order valence-corrected chi connectivity index (χ0v) is 14.0. The highest BCUT2D eigenvalue weighted by molar-refractivity contribution is 9.10. The van der Waals surface area contributed by atoms with Crippen molar-refractivity contribution in [2.45, 2.75) is 44.9 Å². The molecule has 0 radical (unpaired) electrons. The number of ether oxygens (including phenoxy) is 1. The average molecular weight is 341 g/mol. The number of piperidine rings is 1. The third-order valence-electron chi connectivity index (χ3n) is 4.08. The fraction of sp³-hybridized carbons (Fsp3) is 0.647. The number of rotatable bonds is 8. The van der Waals surface area contributed by atoms with E-state index in [4.69, 9.17) is 4.74 Å². The molecule has 1 fully saturated rings. The minimum absolute atomic E-state index is 0.833.